The first-order valence-corrected chi connectivity index (χ1v) is 7.91. The first-order chi connectivity index (χ1) is 11.0. The zero-order valence-electron chi connectivity index (χ0n) is 13.9. The molecule has 4 heteroatoms. The van der Waals surface area contributed by atoms with Gasteiger partial charge in [0.1, 0.15) is 0 Å². The summed E-state index contributed by atoms with van der Waals surface area (Å²) in [7, 11) is 2.00. The number of hydrogen-bond donors (Lipinski definition) is 1. The maximum atomic E-state index is 10.4. The average molecular weight is 309 g/mol. The summed E-state index contributed by atoms with van der Waals surface area (Å²) < 4.78 is 2.03. The first-order valence-electron chi connectivity index (χ1n) is 7.91. The van der Waals surface area contributed by atoms with Crippen molar-refractivity contribution in [3.05, 3.63) is 59.9 Å². The normalized spacial score (nSPS) is 12.5. The number of benzene rings is 2. The van der Waals surface area contributed by atoms with E-state index in [1.807, 2.05) is 48.3 Å². The van der Waals surface area contributed by atoms with E-state index in [-0.39, 0.29) is 0 Å². The molecule has 0 bridgehead atoms. The Morgan fingerprint density at radius 2 is 1.83 bits per heavy atom. The van der Waals surface area contributed by atoms with E-state index in [4.69, 9.17) is 0 Å². The van der Waals surface area contributed by atoms with Crippen molar-refractivity contribution in [1.29, 1.82) is 0 Å². The molecule has 0 aliphatic rings. The second-order valence-corrected chi connectivity index (χ2v) is 6.19. The third-order valence-electron chi connectivity index (χ3n) is 4.33. The number of aromatic nitrogens is 2. The highest BCUT2D eigenvalue weighted by molar-refractivity contribution is 5.77. The molecule has 1 atom stereocenters. The summed E-state index contributed by atoms with van der Waals surface area (Å²) in [5.74, 6) is 0. The van der Waals surface area contributed by atoms with Crippen molar-refractivity contribution < 1.29 is 5.11 Å². The Balaban J connectivity index is 1.73. The first kappa shape index (κ1) is 15.6. The van der Waals surface area contributed by atoms with Crippen LogP contribution < -0.4 is 4.90 Å². The number of rotatable bonds is 5. The van der Waals surface area contributed by atoms with Gasteiger partial charge in [-0.15, -0.1) is 0 Å². The zero-order valence-corrected chi connectivity index (χ0v) is 13.9. The van der Waals surface area contributed by atoms with Crippen LogP contribution in [0.5, 0.6) is 0 Å². The van der Waals surface area contributed by atoms with E-state index in [0.29, 0.717) is 13.1 Å². The van der Waals surface area contributed by atoms with E-state index >= 15 is 0 Å². The van der Waals surface area contributed by atoms with Crippen LogP contribution in [0.25, 0.3) is 11.0 Å². The molecule has 2 aromatic carbocycles. The lowest BCUT2D eigenvalue weighted by Gasteiger charge is -2.23. The van der Waals surface area contributed by atoms with Gasteiger partial charge in [0.15, 0.2) is 0 Å². The molecule has 1 heterocycles. The number of fused-ring (bicyclic) bond motifs is 1. The number of aryl methyl sites for hydroxylation is 2. The van der Waals surface area contributed by atoms with Crippen LogP contribution in [0.1, 0.15) is 11.1 Å². The number of anilines is 1. The third kappa shape index (κ3) is 3.37. The van der Waals surface area contributed by atoms with Crippen LogP contribution in [0.15, 0.2) is 48.8 Å². The maximum absolute atomic E-state index is 10.4. The minimum absolute atomic E-state index is 0.459. The fourth-order valence-electron chi connectivity index (χ4n) is 2.85. The summed E-state index contributed by atoms with van der Waals surface area (Å²) in [5.41, 5.74) is 5.65. The minimum Gasteiger partial charge on any atom is -0.389 e. The van der Waals surface area contributed by atoms with Crippen LogP contribution in [-0.2, 0) is 6.54 Å². The zero-order chi connectivity index (χ0) is 16.4. The van der Waals surface area contributed by atoms with Crippen LogP contribution in [0.2, 0.25) is 0 Å². The van der Waals surface area contributed by atoms with Gasteiger partial charge in [0.05, 0.1) is 30.0 Å². The van der Waals surface area contributed by atoms with Crippen LogP contribution in [0, 0.1) is 13.8 Å². The van der Waals surface area contributed by atoms with Crippen molar-refractivity contribution in [2.75, 3.05) is 18.5 Å². The molecule has 0 saturated heterocycles. The molecule has 0 aliphatic heterocycles. The van der Waals surface area contributed by atoms with E-state index in [2.05, 4.69) is 35.9 Å². The Kier molecular flexibility index (Phi) is 4.35. The van der Waals surface area contributed by atoms with Gasteiger partial charge in [-0.05, 0) is 49.2 Å². The second kappa shape index (κ2) is 6.42. The van der Waals surface area contributed by atoms with Crippen LogP contribution in [-0.4, -0.2) is 34.4 Å². The van der Waals surface area contributed by atoms with Crippen molar-refractivity contribution in [2.45, 2.75) is 26.5 Å². The summed E-state index contributed by atoms with van der Waals surface area (Å²) in [4.78, 5) is 6.52. The topological polar surface area (TPSA) is 41.3 Å². The largest absolute Gasteiger partial charge is 0.389 e. The summed E-state index contributed by atoms with van der Waals surface area (Å²) in [6.07, 6.45) is 1.36. The fourth-order valence-corrected chi connectivity index (χ4v) is 2.85. The van der Waals surface area contributed by atoms with E-state index in [0.717, 1.165) is 16.7 Å². The lowest BCUT2D eigenvalue weighted by Crippen LogP contribution is -2.31. The van der Waals surface area contributed by atoms with Crippen molar-refractivity contribution in [3.8, 4) is 0 Å². The molecule has 1 N–H and O–H groups in total. The Labute approximate surface area is 137 Å². The molecule has 3 rings (SSSR count). The molecule has 0 saturated carbocycles. The second-order valence-electron chi connectivity index (χ2n) is 6.19. The van der Waals surface area contributed by atoms with E-state index < -0.39 is 6.10 Å². The number of aliphatic hydroxyl groups is 1. The summed E-state index contributed by atoms with van der Waals surface area (Å²) in [6.45, 7) is 5.31. The van der Waals surface area contributed by atoms with Gasteiger partial charge in [-0.2, -0.15) is 0 Å². The summed E-state index contributed by atoms with van der Waals surface area (Å²) in [6, 6.07) is 14.3. The van der Waals surface area contributed by atoms with Crippen molar-refractivity contribution in [2.24, 2.45) is 0 Å². The Morgan fingerprint density at radius 3 is 2.57 bits per heavy atom. The quantitative estimate of drug-likeness (QED) is 0.787. The van der Waals surface area contributed by atoms with Gasteiger partial charge in [-0.3, -0.25) is 0 Å². The predicted molar refractivity (Wildman–Crippen MR) is 94.9 cm³/mol. The number of likely N-dealkylation sites (N-methyl/N-ethyl adjacent to an activating group) is 1. The molecule has 0 spiro atoms. The van der Waals surface area contributed by atoms with Crippen molar-refractivity contribution >= 4 is 16.7 Å². The van der Waals surface area contributed by atoms with Gasteiger partial charge in [0.25, 0.3) is 0 Å². The highest BCUT2D eigenvalue weighted by atomic mass is 16.3. The monoisotopic (exact) mass is 309 g/mol. The standard InChI is InChI=1S/C19H23N3O/c1-14-9-18-19(10-15(14)2)22(13-20-18)12-17(23)11-21(3)16-7-5-4-6-8-16/h4-10,13,17,23H,11-12H2,1-3H3/t17-/m1/s1. The summed E-state index contributed by atoms with van der Waals surface area (Å²) >= 11 is 0. The lowest BCUT2D eigenvalue weighted by molar-refractivity contribution is 0.162. The molecule has 0 aliphatic carbocycles. The van der Waals surface area contributed by atoms with E-state index in [1.165, 1.54) is 11.1 Å². The summed E-state index contributed by atoms with van der Waals surface area (Å²) in [5, 5.41) is 10.4. The molecule has 0 unspecified atom stereocenters. The van der Waals surface area contributed by atoms with Gasteiger partial charge >= 0.3 is 0 Å². The van der Waals surface area contributed by atoms with Crippen LogP contribution in [0.4, 0.5) is 5.69 Å². The number of nitrogens with zero attached hydrogens (tertiary/aromatic N) is 3. The molecule has 23 heavy (non-hydrogen) atoms. The van der Waals surface area contributed by atoms with Gasteiger partial charge in [-0.25, -0.2) is 4.98 Å². The number of aliphatic hydroxyl groups excluding tert-OH is 1. The fraction of sp³-hybridized carbons (Fsp3) is 0.316. The third-order valence-corrected chi connectivity index (χ3v) is 4.33. The minimum atomic E-state index is -0.459. The smallest absolute Gasteiger partial charge is 0.0959 e. The average Bonchev–Trinajstić information content (AvgIpc) is 2.90. The lowest BCUT2D eigenvalue weighted by atomic mass is 10.1. The molecular weight excluding hydrogens is 286 g/mol. The molecule has 120 valence electrons. The van der Waals surface area contributed by atoms with Crippen LogP contribution >= 0.6 is 0 Å². The number of hydrogen-bond acceptors (Lipinski definition) is 3. The van der Waals surface area contributed by atoms with E-state index in [9.17, 15) is 5.11 Å². The SMILES string of the molecule is Cc1cc2ncn(C[C@H](O)CN(C)c3ccccc3)c2cc1C. The van der Waals surface area contributed by atoms with Gasteiger partial charge in [0, 0.05) is 19.3 Å². The highest BCUT2D eigenvalue weighted by Crippen LogP contribution is 2.19. The van der Waals surface area contributed by atoms with Gasteiger partial charge < -0.3 is 14.6 Å². The van der Waals surface area contributed by atoms with Gasteiger partial charge in [0.2, 0.25) is 0 Å². The molecule has 0 amide bonds. The van der Waals surface area contributed by atoms with Crippen molar-refractivity contribution in [1.82, 2.24) is 9.55 Å². The Morgan fingerprint density at radius 1 is 1.13 bits per heavy atom. The number of imidazole rings is 1. The maximum Gasteiger partial charge on any atom is 0.0959 e. The molecule has 3 aromatic rings. The van der Waals surface area contributed by atoms with E-state index in [1.54, 1.807) is 0 Å². The molecule has 4 nitrogen and oxygen atoms in total. The molecule has 0 radical (unpaired) electrons. The molecule has 1 aromatic heterocycles. The highest BCUT2D eigenvalue weighted by Gasteiger charge is 2.12. The van der Waals surface area contributed by atoms with Crippen LogP contribution in [0.3, 0.4) is 0 Å². The Hall–Kier alpha value is -2.33. The number of para-hydroxylation sites is 1. The Bertz CT molecular complexity index is 795. The molecule has 0 fully saturated rings. The molecular formula is C19H23N3O. The predicted octanol–water partition coefficient (Wildman–Crippen LogP) is 3.15. The van der Waals surface area contributed by atoms with Crippen molar-refractivity contribution in [3.63, 3.8) is 0 Å². The van der Waals surface area contributed by atoms with Gasteiger partial charge in [-0.1, -0.05) is 18.2 Å².